The quantitative estimate of drug-likeness (QED) is 0.0327. The van der Waals surface area contributed by atoms with Crippen LogP contribution in [0.3, 0.4) is 0 Å². The van der Waals surface area contributed by atoms with E-state index in [1.807, 2.05) is 0 Å². The molecule has 0 aliphatic carbocycles. The van der Waals surface area contributed by atoms with Gasteiger partial charge in [-0.2, -0.15) is 0 Å². The molecule has 0 aliphatic heterocycles. The second kappa shape index (κ2) is 39.0. The molecule has 0 fully saturated rings. The maximum absolute atomic E-state index is 6.73. The van der Waals surface area contributed by atoms with E-state index in [1.165, 1.54) is 229 Å². The monoisotopic (exact) mass is 1010 g/mol. The van der Waals surface area contributed by atoms with Crippen molar-refractivity contribution in [3.63, 3.8) is 0 Å². The van der Waals surface area contributed by atoms with Gasteiger partial charge in [-0.15, -0.1) is 0 Å². The first-order valence-electron chi connectivity index (χ1n) is 30.6. The van der Waals surface area contributed by atoms with Crippen LogP contribution in [0.5, 0.6) is 17.2 Å². The SMILES string of the molecule is CCCCCCCCCCCCOc1cc(/C=C/c2cc(C)c(/C=C/c3cc(C)c(/C=C/c4ccc(C)cc4)cc3C)cc2C)cc(OCCCCCCCCCCCC)c1OCCCCCCCCCCCC. The van der Waals surface area contributed by atoms with Crippen LogP contribution in [0.25, 0.3) is 36.5 Å². The Hall–Kier alpha value is -4.50. The third-order valence-electron chi connectivity index (χ3n) is 15.0. The highest BCUT2D eigenvalue weighted by Crippen LogP contribution is 2.40. The van der Waals surface area contributed by atoms with E-state index in [0.29, 0.717) is 19.8 Å². The first-order chi connectivity index (χ1) is 36.2. The summed E-state index contributed by atoms with van der Waals surface area (Å²) in [6.45, 7) is 20.0. The molecule has 0 N–H and O–H groups in total. The predicted octanol–water partition coefficient (Wildman–Crippen LogP) is 22.6. The third-order valence-corrected chi connectivity index (χ3v) is 15.0. The van der Waals surface area contributed by atoms with Gasteiger partial charge in [-0.25, -0.2) is 0 Å². The summed E-state index contributed by atoms with van der Waals surface area (Å²) in [5.74, 6) is 2.43. The van der Waals surface area contributed by atoms with Crippen molar-refractivity contribution in [2.24, 2.45) is 0 Å². The Kier molecular flexibility index (Phi) is 32.7. The molecule has 0 spiro atoms. The highest BCUT2D eigenvalue weighted by Gasteiger charge is 2.16. The van der Waals surface area contributed by atoms with E-state index in [9.17, 15) is 0 Å². The summed E-state index contributed by atoms with van der Waals surface area (Å²) < 4.78 is 20.2. The molecule has 4 aromatic rings. The Balaban J connectivity index is 1.49. The van der Waals surface area contributed by atoms with Crippen LogP contribution < -0.4 is 14.2 Å². The zero-order valence-corrected chi connectivity index (χ0v) is 48.8. The van der Waals surface area contributed by atoms with E-state index in [0.717, 1.165) is 42.1 Å². The molecule has 4 aromatic carbocycles. The van der Waals surface area contributed by atoms with Gasteiger partial charge in [-0.1, -0.05) is 285 Å². The van der Waals surface area contributed by atoms with Gasteiger partial charge in [0, 0.05) is 0 Å². The van der Waals surface area contributed by atoms with E-state index in [1.54, 1.807) is 0 Å². The van der Waals surface area contributed by atoms with Gasteiger partial charge in [-0.05, 0) is 122 Å². The smallest absolute Gasteiger partial charge is 0.203 e. The minimum atomic E-state index is 0.685. The Morgan fingerprint density at radius 3 is 0.878 bits per heavy atom. The van der Waals surface area contributed by atoms with Crippen molar-refractivity contribution in [2.45, 2.75) is 248 Å². The molecule has 0 atom stereocenters. The molecule has 0 heterocycles. The molecule has 0 aromatic heterocycles. The van der Waals surface area contributed by atoms with E-state index in [4.69, 9.17) is 14.2 Å². The molecule has 0 aliphatic rings. The van der Waals surface area contributed by atoms with Gasteiger partial charge in [0.05, 0.1) is 19.8 Å². The highest BCUT2D eigenvalue weighted by atomic mass is 16.5. The lowest BCUT2D eigenvalue weighted by atomic mass is 9.96. The van der Waals surface area contributed by atoms with Crippen LogP contribution in [-0.4, -0.2) is 19.8 Å². The van der Waals surface area contributed by atoms with Gasteiger partial charge in [-0.3, -0.25) is 0 Å². The van der Waals surface area contributed by atoms with Gasteiger partial charge in [0.15, 0.2) is 11.5 Å². The predicted molar refractivity (Wildman–Crippen MR) is 328 cm³/mol. The van der Waals surface area contributed by atoms with Crippen LogP contribution in [0.2, 0.25) is 0 Å². The molecule has 3 heteroatoms. The topological polar surface area (TPSA) is 27.7 Å². The van der Waals surface area contributed by atoms with Crippen molar-refractivity contribution in [3.05, 3.63) is 122 Å². The van der Waals surface area contributed by atoms with Gasteiger partial charge in [0.25, 0.3) is 0 Å². The second-order valence-electron chi connectivity index (χ2n) is 22.0. The molecule has 408 valence electrons. The minimum Gasteiger partial charge on any atom is -0.490 e. The van der Waals surface area contributed by atoms with Crippen LogP contribution in [-0.2, 0) is 0 Å². The van der Waals surface area contributed by atoms with Crippen molar-refractivity contribution in [2.75, 3.05) is 19.8 Å². The highest BCUT2D eigenvalue weighted by molar-refractivity contribution is 5.79. The summed E-state index contributed by atoms with van der Waals surface area (Å²) >= 11 is 0. The molecule has 0 saturated carbocycles. The number of hydrogen-bond donors (Lipinski definition) is 0. The molecular formula is C71H106O3. The van der Waals surface area contributed by atoms with Crippen molar-refractivity contribution >= 4 is 36.5 Å². The zero-order valence-electron chi connectivity index (χ0n) is 48.8. The fourth-order valence-corrected chi connectivity index (χ4v) is 10.0. The number of aryl methyl sites for hydroxylation is 5. The number of ether oxygens (including phenoxy) is 3. The molecule has 74 heavy (non-hydrogen) atoms. The Labute approximate surface area is 455 Å². The first-order valence-corrected chi connectivity index (χ1v) is 30.6. The molecule has 0 amide bonds. The maximum Gasteiger partial charge on any atom is 0.203 e. The molecule has 4 rings (SSSR count). The molecule has 0 unspecified atom stereocenters. The maximum atomic E-state index is 6.73. The molecule has 0 radical (unpaired) electrons. The lowest BCUT2D eigenvalue weighted by Crippen LogP contribution is -2.07. The van der Waals surface area contributed by atoms with Crippen LogP contribution in [0.1, 0.15) is 275 Å². The number of rotatable bonds is 42. The van der Waals surface area contributed by atoms with Gasteiger partial charge in [0.2, 0.25) is 5.75 Å². The number of hydrogen-bond acceptors (Lipinski definition) is 3. The summed E-state index contributed by atoms with van der Waals surface area (Å²) in [6.07, 6.45) is 52.7. The Morgan fingerprint density at radius 1 is 0.284 bits per heavy atom. The zero-order chi connectivity index (χ0) is 52.9. The summed E-state index contributed by atoms with van der Waals surface area (Å²) in [5.41, 5.74) is 13.6. The van der Waals surface area contributed by atoms with E-state index < -0.39 is 0 Å². The molecule has 0 saturated heterocycles. The van der Waals surface area contributed by atoms with Crippen molar-refractivity contribution < 1.29 is 14.2 Å². The average Bonchev–Trinajstić information content (AvgIpc) is 3.39. The first kappa shape index (κ1) is 62.0. The Morgan fingerprint density at radius 2 is 0.554 bits per heavy atom. The van der Waals surface area contributed by atoms with E-state index >= 15 is 0 Å². The summed E-state index contributed by atoms with van der Waals surface area (Å²) in [7, 11) is 0. The summed E-state index contributed by atoms with van der Waals surface area (Å²) in [5, 5.41) is 0. The van der Waals surface area contributed by atoms with Crippen molar-refractivity contribution in [1.29, 1.82) is 0 Å². The van der Waals surface area contributed by atoms with Gasteiger partial charge < -0.3 is 14.2 Å². The normalized spacial score (nSPS) is 11.8. The molecular weight excluding hydrogens is 901 g/mol. The van der Waals surface area contributed by atoms with Crippen LogP contribution in [0, 0.1) is 34.6 Å². The third kappa shape index (κ3) is 25.8. The van der Waals surface area contributed by atoms with Gasteiger partial charge in [0.1, 0.15) is 0 Å². The molecule has 0 bridgehead atoms. The second-order valence-corrected chi connectivity index (χ2v) is 22.0. The lowest BCUT2D eigenvalue weighted by Gasteiger charge is -2.18. The summed E-state index contributed by atoms with van der Waals surface area (Å²) in [6, 6.07) is 22.4. The van der Waals surface area contributed by atoms with Crippen LogP contribution in [0.15, 0.2) is 60.7 Å². The number of benzene rings is 4. The number of unbranched alkanes of at least 4 members (excludes halogenated alkanes) is 27. The minimum absolute atomic E-state index is 0.685. The van der Waals surface area contributed by atoms with Crippen molar-refractivity contribution in [3.8, 4) is 17.2 Å². The largest absolute Gasteiger partial charge is 0.490 e. The van der Waals surface area contributed by atoms with Crippen LogP contribution >= 0.6 is 0 Å². The van der Waals surface area contributed by atoms with Crippen LogP contribution in [0.4, 0.5) is 0 Å². The summed E-state index contributed by atoms with van der Waals surface area (Å²) in [4.78, 5) is 0. The average molecular weight is 1010 g/mol. The lowest BCUT2D eigenvalue weighted by molar-refractivity contribution is 0.234. The fraction of sp³-hybridized carbons (Fsp3) is 0.577. The fourth-order valence-electron chi connectivity index (χ4n) is 10.0. The Bertz CT molecular complexity index is 2140. The van der Waals surface area contributed by atoms with E-state index in [-0.39, 0.29) is 0 Å². The van der Waals surface area contributed by atoms with Gasteiger partial charge >= 0.3 is 0 Å². The van der Waals surface area contributed by atoms with Crippen molar-refractivity contribution in [1.82, 2.24) is 0 Å². The standard InChI is InChI=1S/C71H106O3/c1-9-12-15-18-21-24-27-30-33-36-49-72-69-56-64(57-70(73-50-37-34-31-28-25-22-19-16-13-10-2)71(69)74-51-38-35-32-29-26-23-20-17-14-11-3)44-46-66-53-62(8)68(55-60(66)6)48-47-67-54-59(5)65(52-61(67)7)45-43-63-41-39-58(4)40-42-63/h39-48,52-57H,9-38,49-51H2,1-8H3/b45-43+,46-44+,48-47+. The molecule has 3 nitrogen and oxygen atoms in total. The van der Waals surface area contributed by atoms with E-state index in [2.05, 4.69) is 153 Å².